The Bertz CT molecular complexity index is 1740. The van der Waals surface area contributed by atoms with Crippen LogP contribution in [0.1, 0.15) is 31.4 Å². The van der Waals surface area contributed by atoms with Gasteiger partial charge in [-0.15, -0.1) is 0 Å². The third-order valence-electron chi connectivity index (χ3n) is 7.80. The summed E-state index contributed by atoms with van der Waals surface area (Å²) in [4.78, 5) is 29.8. The summed E-state index contributed by atoms with van der Waals surface area (Å²) in [7, 11) is -1.40. The number of halogens is 1. The second kappa shape index (κ2) is 16.1. The van der Waals surface area contributed by atoms with Crippen LogP contribution in [0.15, 0.2) is 108 Å². The summed E-state index contributed by atoms with van der Waals surface area (Å²) in [5.74, 6) is -0.826. The van der Waals surface area contributed by atoms with Crippen LogP contribution in [-0.2, 0) is 32.6 Å². The van der Waals surface area contributed by atoms with Crippen molar-refractivity contribution in [3.63, 3.8) is 0 Å². The number of rotatable bonds is 15. The fraction of sp³-hybridized carbons (Fsp3) is 0.278. The van der Waals surface area contributed by atoms with Crippen LogP contribution in [0.4, 0.5) is 10.1 Å². The highest BCUT2D eigenvalue weighted by atomic mass is 32.2. The largest absolute Gasteiger partial charge is 0.493 e. The normalized spacial score (nSPS) is 12.4. The van der Waals surface area contributed by atoms with Gasteiger partial charge in [-0.05, 0) is 60.9 Å². The van der Waals surface area contributed by atoms with Crippen molar-refractivity contribution in [3.8, 4) is 11.5 Å². The third-order valence-corrected chi connectivity index (χ3v) is 9.59. The molecule has 4 rings (SSSR count). The molecule has 2 amide bonds. The molecule has 2 atom stereocenters. The predicted octanol–water partition coefficient (Wildman–Crippen LogP) is 5.59. The Balaban J connectivity index is 1.83. The summed E-state index contributed by atoms with van der Waals surface area (Å²) in [6, 6.07) is 26.0. The minimum absolute atomic E-state index is 0.0250. The van der Waals surface area contributed by atoms with Gasteiger partial charge in [0.2, 0.25) is 11.8 Å². The monoisotopic (exact) mass is 661 g/mol. The molecule has 0 fully saturated rings. The Hall–Kier alpha value is -4.90. The number of sulfonamides is 1. The Morgan fingerprint density at radius 2 is 1.45 bits per heavy atom. The molecule has 1 N–H and O–H groups in total. The molecule has 0 saturated carbocycles. The molecule has 0 spiro atoms. The number of hydrogen-bond acceptors (Lipinski definition) is 6. The standard InChI is InChI=1S/C36H40FN3O6S/c1-5-26(2)38-36(42)32(22-27-12-8-6-9-13-27)39(24-28-16-18-29(37)19-17-28)35(41)25-40(47(43,44)31-14-10-7-11-15-31)30-20-21-33(45-3)34(23-30)46-4/h6-21,23,26,32H,5,22,24-25H2,1-4H3,(H,38,42)/t26-,32-/m0/s1. The number of nitrogens with one attached hydrogen (secondary N) is 1. The number of methoxy groups -OCH3 is 2. The fourth-order valence-electron chi connectivity index (χ4n) is 5.01. The van der Waals surface area contributed by atoms with Crippen LogP contribution in [0.3, 0.4) is 0 Å². The summed E-state index contributed by atoms with van der Waals surface area (Å²) in [5.41, 5.74) is 1.53. The van der Waals surface area contributed by atoms with Gasteiger partial charge in [-0.25, -0.2) is 12.8 Å². The number of carbonyl (C=O) groups is 2. The zero-order valence-corrected chi connectivity index (χ0v) is 27.7. The number of hydrogen-bond donors (Lipinski definition) is 1. The van der Waals surface area contributed by atoms with E-state index in [-0.39, 0.29) is 41.2 Å². The van der Waals surface area contributed by atoms with Crippen molar-refractivity contribution in [3.05, 3.63) is 120 Å². The van der Waals surface area contributed by atoms with Gasteiger partial charge in [-0.1, -0.05) is 67.6 Å². The number of ether oxygens (including phenoxy) is 2. The second-order valence-electron chi connectivity index (χ2n) is 11.0. The van der Waals surface area contributed by atoms with Crippen molar-refractivity contribution >= 4 is 27.5 Å². The van der Waals surface area contributed by atoms with E-state index < -0.39 is 34.3 Å². The van der Waals surface area contributed by atoms with Crippen LogP contribution in [0.2, 0.25) is 0 Å². The first-order chi connectivity index (χ1) is 22.6. The number of benzene rings is 4. The highest BCUT2D eigenvalue weighted by Crippen LogP contribution is 2.34. The average Bonchev–Trinajstić information content (AvgIpc) is 3.09. The van der Waals surface area contributed by atoms with E-state index in [1.165, 1.54) is 67.7 Å². The topological polar surface area (TPSA) is 105 Å². The van der Waals surface area contributed by atoms with E-state index in [9.17, 15) is 22.4 Å². The number of nitrogens with zero attached hydrogens (tertiary/aromatic N) is 2. The van der Waals surface area contributed by atoms with Crippen LogP contribution < -0.4 is 19.1 Å². The van der Waals surface area contributed by atoms with Gasteiger partial charge in [0.25, 0.3) is 10.0 Å². The van der Waals surface area contributed by atoms with E-state index in [1.807, 2.05) is 44.2 Å². The molecule has 0 heterocycles. The first-order valence-electron chi connectivity index (χ1n) is 15.2. The predicted molar refractivity (Wildman–Crippen MR) is 179 cm³/mol. The van der Waals surface area contributed by atoms with Crippen LogP contribution in [0.25, 0.3) is 0 Å². The highest BCUT2D eigenvalue weighted by molar-refractivity contribution is 7.92. The molecule has 11 heteroatoms. The zero-order valence-electron chi connectivity index (χ0n) is 26.9. The first-order valence-corrected chi connectivity index (χ1v) is 16.7. The summed E-state index contributed by atoms with van der Waals surface area (Å²) in [5, 5.41) is 2.99. The molecule has 4 aromatic rings. The molecular weight excluding hydrogens is 621 g/mol. The summed E-state index contributed by atoms with van der Waals surface area (Å²) in [6.45, 7) is 3.09. The lowest BCUT2D eigenvalue weighted by Crippen LogP contribution is -2.54. The van der Waals surface area contributed by atoms with E-state index in [1.54, 1.807) is 24.3 Å². The van der Waals surface area contributed by atoms with Crippen LogP contribution in [-0.4, -0.2) is 58.0 Å². The quantitative estimate of drug-likeness (QED) is 0.178. The van der Waals surface area contributed by atoms with E-state index in [0.717, 1.165) is 9.87 Å². The van der Waals surface area contributed by atoms with Gasteiger partial charge in [0, 0.05) is 25.1 Å². The lowest BCUT2D eigenvalue weighted by molar-refractivity contribution is -0.140. The summed E-state index contributed by atoms with van der Waals surface area (Å²) in [6.07, 6.45) is 0.829. The SMILES string of the molecule is CC[C@H](C)NC(=O)[C@H](Cc1ccccc1)N(Cc1ccc(F)cc1)C(=O)CN(c1ccc(OC)c(OC)c1)S(=O)(=O)c1ccccc1. The molecule has 0 unspecified atom stereocenters. The maximum Gasteiger partial charge on any atom is 0.264 e. The number of carbonyl (C=O) groups excluding carboxylic acids is 2. The summed E-state index contributed by atoms with van der Waals surface area (Å²) < 4.78 is 54.0. The smallest absolute Gasteiger partial charge is 0.264 e. The minimum Gasteiger partial charge on any atom is -0.493 e. The Morgan fingerprint density at radius 3 is 2.04 bits per heavy atom. The molecule has 248 valence electrons. The molecule has 0 aliphatic rings. The molecule has 47 heavy (non-hydrogen) atoms. The van der Waals surface area contributed by atoms with Crippen molar-refractivity contribution in [2.24, 2.45) is 0 Å². The van der Waals surface area contributed by atoms with Gasteiger partial charge >= 0.3 is 0 Å². The van der Waals surface area contributed by atoms with Gasteiger partial charge in [-0.2, -0.15) is 0 Å². The van der Waals surface area contributed by atoms with Gasteiger partial charge in [-0.3, -0.25) is 13.9 Å². The van der Waals surface area contributed by atoms with Gasteiger partial charge in [0.15, 0.2) is 11.5 Å². The maximum atomic E-state index is 14.6. The molecule has 0 aliphatic carbocycles. The van der Waals surface area contributed by atoms with Crippen molar-refractivity contribution in [2.45, 2.75) is 50.2 Å². The Morgan fingerprint density at radius 1 is 0.830 bits per heavy atom. The molecular formula is C36H40FN3O6S. The molecule has 4 aromatic carbocycles. The lowest BCUT2D eigenvalue weighted by Gasteiger charge is -2.34. The number of amides is 2. The van der Waals surface area contributed by atoms with Crippen molar-refractivity contribution in [1.82, 2.24) is 10.2 Å². The van der Waals surface area contributed by atoms with Crippen molar-refractivity contribution < 1.29 is 31.9 Å². The van der Waals surface area contributed by atoms with E-state index >= 15 is 0 Å². The lowest BCUT2D eigenvalue weighted by atomic mass is 10.0. The fourth-order valence-corrected chi connectivity index (χ4v) is 6.44. The first kappa shape index (κ1) is 35.0. The number of anilines is 1. The van der Waals surface area contributed by atoms with E-state index in [2.05, 4.69) is 5.32 Å². The van der Waals surface area contributed by atoms with Crippen LogP contribution in [0.5, 0.6) is 11.5 Å². The molecule has 0 radical (unpaired) electrons. The minimum atomic E-state index is -4.29. The van der Waals surface area contributed by atoms with E-state index in [4.69, 9.17) is 9.47 Å². The molecule has 0 saturated heterocycles. The van der Waals surface area contributed by atoms with Crippen molar-refractivity contribution in [2.75, 3.05) is 25.1 Å². The van der Waals surface area contributed by atoms with E-state index in [0.29, 0.717) is 17.7 Å². The van der Waals surface area contributed by atoms with Gasteiger partial charge in [0.1, 0.15) is 18.4 Å². The van der Waals surface area contributed by atoms with Crippen LogP contribution >= 0.6 is 0 Å². The molecule has 0 aromatic heterocycles. The second-order valence-corrected chi connectivity index (χ2v) is 12.9. The molecule has 9 nitrogen and oxygen atoms in total. The van der Waals surface area contributed by atoms with Crippen LogP contribution in [0, 0.1) is 5.82 Å². The van der Waals surface area contributed by atoms with Gasteiger partial charge < -0.3 is 19.7 Å². The molecule has 0 aliphatic heterocycles. The Kier molecular flexibility index (Phi) is 12.0. The Labute approximate surface area is 276 Å². The highest BCUT2D eigenvalue weighted by Gasteiger charge is 2.35. The summed E-state index contributed by atoms with van der Waals surface area (Å²) >= 11 is 0. The van der Waals surface area contributed by atoms with Crippen molar-refractivity contribution in [1.29, 1.82) is 0 Å². The zero-order chi connectivity index (χ0) is 34.0. The van der Waals surface area contributed by atoms with Gasteiger partial charge in [0.05, 0.1) is 24.8 Å². The maximum absolute atomic E-state index is 14.6. The average molecular weight is 662 g/mol. The third kappa shape index (κ3) is 8.88. The molecule has 0 bridgehead atoms.